The van der Waals surface area contributed by atoms with Crippen LogP contribution in [0.1, 0.15) is 25.5 Å². The van der Waals surface area contributed by atoms with E-state index in [2.05, 4.69) is 11.9 Å². The monoisotopic (exact) mass is 267 g/mol. The van der Waals surface area contributed by atoms with Crippen LogP contribution in [0.4, 0.5) is 4.39 Å². The standard InChI is InChI=1S/C14H18FNO3/c1-4-7-16-14(18)10(3)19-11-5-6-12(9(2)17)13(15)8-11/h4-6,8-10,17H,1,7H2,2-3H3,(H,16,18)/t9-,10?/m0/s1. The van der Waals surface area contributed by atoms with E-state index in [0.717, 1.165) is 6.07 Å². The summed E-state index contributed by atoms with van der Waals surface area (Å²) in [6.07, 6.45) is -0.0686. The highest BCUT2D eigenvalue weighted by atomic mass is 19.1. The molecule has 4 nitrogen and oxygen atoms in total. The molecule has 1 unspecified atom stereocenters. The van der Waals surface area contributed by atoms with Crippen LogP contribution in [0.5, 0.6) is 5.75 Å². The molecule has 0 saturated heterocycles. The van der Waals surface area contributed by atoms with Gasteiger partial charge in [0.15, 0.2) is 6.10 Å². The summed E-state index contributed by atoms with van der Waals surface area (Å²) in [5.41, 5.74) is 0.191. The summed E-state index contributed by atoms with van der Waals surface area (Å²) in [4.78, 5) is 11.5. The van der Waals surface area contributed by atoms with E-state index in [1.165, 1.54) is 19.1 Å². The van der Waals surface area contributed by atoms with Crippen molar-refractivity contribution >= 4 is 5.91 Å². The van der Waals surface area contributed by atoms with E-state index in [9.17, 15) is 14.3 Å². The Kier molecular flexibility index (Phi) is 5.51. The SMILES string of the molecule is C=CCNC(=O)C(C)Oc1ccc([C@H](C)O)c(F)c1. The summed E-state index contributed by atoms with van der Waals surface area (Å²) < 4.78 is 18.9. The van der Waals surface area contributed by atoms with Crippen molar-refractivity contribution in [3.05, 3.63) is 42.2 Å². The molecule has 0 aromatic heterocycles. The highest BCUT2D eigenvalue weighted by Crippen LogP contribution is 2.22. The van der Waals surface area contributed by atoms with E-state index in [0.29, 0.717) is 6.54 Å². The fourth-order valence-corrected chi connectivity index (χ4v) is 1.49. The molecule has 0 fully saturated rings. The Bertz CT molecular complexity index is 460. The van der Waals surface area contributed by atoms with E-state index >= 15 is 0 Å². The molecule has 1 aromatic carbocycles. The molecule has 0 aliphatic heterocycles. The predicted molar refractivity (Wildman–Crippen MR) is 70.3 cm³/mol. The molecule has 0 aliphatic carbocycles. The van der Waals surface area contributed by atoms with Gasteiger partial charge in [-0.15, -0.1) is 6.58 Å². The number of carbonyl (C=O) groups is 1. The number of hydrogen-bond acceptors (Lipinski definition) is 3. The van der Waals surface area contributed by atoms with Gasteiger partial charge in [-0.1, -0.05) is 6.08 Å². The molecule has 0 spiro atoms. The molecule has 0 saturated carbocycles. The lowest BCUT2D eigenvalue weighted by atomic mass is 10.1. The van der Waals surface area contributed by atoms with E-state index in [4.69, 9.17) is 4.74 Å². The minimum absolute atomic E-state index is 0.191. The van der Waals surface area contributed by atoms with Crippen LogP contribution >= 0.6 is 0 Å². The number of nitrogens with one attached hydrogen (secondary N) is 1. The zero-order chi connectivity index (χ0) is 14.4. The molecule has 1 amide bonds. The molecule has 0 bridgehead atoms. The minimum Gasteiger partial charge on any atom is -0.481 e. The number of aliphatic hydroxyl groups excluding tert-OH is 1. The van der Waals surface area contributed by atoms with E-state index in [1.807, 2.05) is 0 Å². The maximum atomic E-state index is 13.6. The van der Waals surface area contributed by atoms with Crippen LogP contribution in [0.25, 0.3) is 0 Å². The van der Waals surface area contributed by atoms with Crippen LogP contribution in [-0.2, 0) is 4.79 Å². The Balaban J connectivity index is 2.69. The first-order valence-electron chi connectivity index (χ1n) is 5.98. The predicted octanol–water partition coefficient (Wildman–Crippen LogP) is 1.95. The molecule has 19 heavy (non-hydrogen) atoms. The first-order valence-corrected chi connectivity index (χ1v) is 5.98. The lowest BCUT2D eigenvalue weighted by Gasteiger charge is -2.15. The average Bonchev–Trinajstić information content (AvgIpc) is 2.35. The Labute approximate surface area is 111 Å². The zero-order valence-corrected chi connectivity index (χ0v) is 11.0. The summed E-state index contributed by atoms with van der Waals surface area (Å²) in [6, 6.07) is 4.10. The number of benzene rings is 1. The van der Waals surface area contributed by atoms with Crippen molar-refractivity contribution in [2.45, 2.75) is 26.1 Å². The Hall–Kier alpha value is -1.88. The first-order chi connectivity index (χ1) is 8.95. The van der Waals surface area contributed by atoms with Gasteiger partial charge < -0.3 is 15.2 Å². The van der Waals surface area contributed by atoms with Crippen LogP contribution in [0.2, 0.25) is 0 Å². The number of ether oxygens (including phenoxy) is 1. The van der Waals surface area contributed by atoms with Crippen molar-refractivity contribution in [3.8, 4) is 5.75 Å². The summed E-state index contributed by atoms with van der Waals surface area (Å²) in [6.45, 7) is 6.88. The third kappa shape index (κ3) is 4.37. The minimum atomic E-state index is -0.887. The van der Waals surface area contributed by atoms with Gasteiger partial charge in [0.2, 0.25) is 0 Å². The molecule has 2 atom stereocenters. The van der Waals surface area contributed by atoms with Crippen molar-refractivity contribution in [1.82, 2.24) is 5.32 Å². The summed E-state index contributed by atoms with van der Waals surface area (Å²) >= 11 is 0. The third-order valence-electron chi connectivity index (χ3n) is 2.52. The zero-order valence-electron chi connectivity index (χ0n) is 11.0. The van der Waals surface area contributed by atoms with E-state index < -0.39 is 18.0 Å². The first kappa shape index (κ1) is 15.2. The lowest BCUT2D eigenvalue weighted by molar-refractivity contribution is -0.127. The molecule has 5 heteroatoms. The quantitative estimate of drug-likeness (QED) is 0.774. The Morgan fingerprint density at radius 2 is 2.26 bits per heavy atom. The van der Waals surface area contributed by atoms with Crippen LogP contribution in [0.3, 0.4) is 0 Å². The summed E-state index contributed by atoms with van der Waals surface area (Å²) in [5.74, 6) is -0.630. The fourth-order valence-electron chi connectivity index (χ4n) is 1.49. The van der Waals surface area contributed by atoms with Gasteiger partial charge in [-0.05, 0) is 26.0 Å². The van der Waals surface area contributed by atoms with Gasteiger partial charge in [0, 0.05) is 18.2 Å². The van der Waals surface area contributed by atoms with Crippen LogP contribution < -0.4 is 10.1 Å². The number of aliphatic hydroxyl groups is 1. The van der Waals surface area contributed by atoms with Gasteiger partial charge in [-0.3, -0.25) is 4.79 Å². The molecule has 1 rings (SSSR count). The molecule has 0 radical (unpaired) electrons. The topological polar surface area (TPSA) is 58.6 Å². The van der Waals surface area contributed by atoms with Crippen LogP contribution in [-0.4, -0.2) is 23.7 Å². The fraction of sp³-hybridized carbons (Fsp3) is 0.357. The molecule has 2 N–H and O–H groups in total. The van der Waals surface area contributed by atoms with Crippen molar-refractivity contribution in [3.63, 3.8) is 0 Å². The van der Waals surface area contributed by atoms with Gasteiger partial charge in [0.1, 0.15) is 11.6 Å². The maximum absolute atomic E-state index is 13.6. The lowest BCUT2D eigenvalue weighted by Crippen LogP contribution is -2.36. The molecule has 0 aliphatic rings. The second-order valence-corrected chi connectivity index (χ2v) is 4.15. The van der Waals surface area contributed by atoms with Crippen molar-refractivity contribution in [1.29, 1.82) is 0 Å². The molecule has 0 heterocycles. The van der Waals surface area contributed by atoms with Gasteiger partial charge in [0.25, 0.3) is 5.91 Å². The van der Waals surface area contributed by atoms with Crippen LogP contribution in [0, 0.1) is 5.82 Å². The number of hydrogen-bond donors (Lipinski definition) is 2. The average molecular weight is 267 g/mol. The highest BCUT2D eigenvalue weighted by Gasteiger charge is 2.15. The Morgan fingerprint density at radius 1 is 1.58 bits per heavy atom. The number of halogens is 1. The smallest absolute Gasteiger partial charge is 0.261 e. The van der Waals surface area contributed by atoms with E-state index in [-0.39, 0.29) is 17.2 Å². The maximum Gasteiger partial charge on any atom is 0.261 e. The highest BCUT2D eigenvalue weighted by molar-refractivity contribution is 5.80. The van der Waals surface area contributed by atoms with Crippen molar-refractivity contribution in [2.24, 2.45) is 0 Å². The molecular formula is C14H18FNO3. The van der Waals surface area contributed by atoms with Crippen LogP contribution in [0.15, 0.2) is 30.9 Å². The normalized spacial score (nSPS) is 13.5. The number of rotatable bonds is 6. The molecule has 1 aromatic rings. The molecule has 104 valence electrons. The van der Waals surface area contributed by atoms with Gasteiger partial charge in [-0.2, -0.15) is 0 Å². The van der Waals surface area contributed by atoms with Gasteiger partial charge in [0.05, 0.1) is 6.10 Å². The van der Waals surface area contributed by atoms with Gasteiger partial charge >= 0.3 is 0 Å². The molecular weight excluding hydrogens is 249 g/mol. The Morgan fingerprint density at radius 3 is 2.79 bits per heavy atom. The summed E-state index contributed by atoms with van der Waals surface area (Å²) in [5, 5.41) is 11.9. The number of amides is 1. The largest absolute Gasteiger partial charge is 0.481 e. The van der Waals surface area contributed by atoms with Gasteiger partial charge in [-0.25, -0.2) is 4.39 Å². The third-order valence-corrected chi connectivity index (χ3v) is 2.52. The van der Waals surface area contributed by atoms with Crippen molar-refractivity contribution < 1.29 is 19.0 Å². The number of carbonyl (C=O) groups excluding carboxylic acids is 1. The summed E-state index contributed by atoms with van der Waals surface area (Å²) in [7, 11) is 0. The second-order valence-electron chi connectivity index (χ2n) is 4.15. The van der Waals surface area contributed by atoms with Crippen molar-refractivity contribution in [2.75, 3.05) is 6.54 Å². The van der Waals surface area contributed by atoms with E-state index in [1.54, 1.807) is 13.0 Å². The second kappa shape index (κ2) is 6.89.